The topological polar surface area (TPSA) is 86.4 Å². The molecule has 40 heavy (non-hydrogen) atoms. The number of likely N-dealkylation sites (tertiary alicyclic amines) is 1. The fourth-order valence-electron chi connectivity index (χ4n) is 6.24. The molecule has 3 N–H and O–H groups in total. The Balaban J connectivity index is 1.23. The predicted octanol–water partition coefficient (Wildman–Crippen LogP) is 4.93. The molecule has 7 heteroatoms. The fraction of sp³-hybridized carbons (Fsp3) is 0.455. The summed E-state index contributed by atoms with van der Waals surface area (Å²) in [6, 6.07) is 24.8. The molecule has 0 aromatic heterocycles. The highest BCUT2D eigenvalue weighted by molar-refractivity contribution is 5.67. The third-order valence-corrected chi connectivity index (χ3v) is 8.72. The lowest BCUT2D eigenvalue weighted by atomic mass is 9.89. The first-order chi connectivity index (χ1) is 19.6. The van der Waals surface area contributed by atoms with Crippen molar-refractivity contribution in [1.82, 2.24) is 4.90 Å². The summed E-state index contributed by atoms with van der Waals surface area (Å²) < 4.78 is 25.3. The average Bonchev–Trinajstić information content (AvgIpc) is 3.47. The van der Waals surface area contributed by atoms with Gasteiger partial charge in [0.1, 0.15) is 0 Å². The molecule has 0 saturated carbocycles. The molecule has 3 heterocycles. The molecule has 0 aliphatic carbocycles. The number of aliphatic hydroxyl groups excluding tert-OH is 1. The van der Waals surface area contributed by atoms with Gasteiger partial charge in [0.05, 0.1) is 32.0 Å². The van der Waals surface area contributed by atoms with Crippen LogP contribution >= 0.6 is 0 Å². The summed E-state index contributed by atoms with van der Waals surface area (Å²) in [4.78, 5) is 2.47. The molecular formula is C33H40N2O5. The lowest BCUT2D eigenvalue weighted by Crippen LogP contribution is -2.50. The van der Waals surface area contributed by atoms with E-state index < -0.39 is 6.29 Å². The Hall–Kier alpha value is -2.62. The molecule has 1 spiro atoms. The van der Waals surface area contributed by atoms with Crippen LogP contribution < -0.4 is 5.73 Å². The van der Waals surface area contributed by atoms with Crippen LogP contribution in [0.1, 0.15) is 54.4 Å². The van der Waals surface area contributed by atoms with Gasteiger partial charge in [-0.25, -0.2) is 0 Å². The number of hydrogen-bond donors (Lipinski definition) is 2. The number of benzene rings is 3. The van der Waals surface area contributed by atoms with E-state index in [4.69, 9.17) is 24.7 Å². The van der Waals surface area contributed by atoms with Gasteiger partial charge in [0, 0.05) is 50.5 Å². The summed E-state index contributed by atoms with van der Waals surface area (Å²) >= 11 is 0. The van der Waals surface area contributed by atoms with Crippen molar-refractivity contribution in [3.8, 4) is 11.1 Å². The van der Waals surface area contributed by atoms with Crippen molar-refractivity contribution in [3.63, 3.8) is 0 Å². The summed E-state index contributed by atoms with van der Waals surface area (Å²) in [7, 11) is 0. The van der Waals surface area contributed by atoms with Crippen LogP contribution in [0.4, 0.5) is 0 Å². The van der Waals surface area contributed by atoms with Crippen LogP contribution in [0.15, 0.2) is 72.8 Å². The van der Waals surface area contributed by atoms with Crippen molar-refractivity contribution in [2.45, 2.75) is 57.2 Å². The number of aliphatic hydroxyl groups is 1. The van der Waals surface area contributed by atoms with Crippen molar-refractivity contribution < 1.29 is 24.1 Å². The monoisotopic (exact) mass is 544 g/mol. The Morgan fingerprint density at radius 1 is 0.875 bits per heavy atom. The Kier molecular flexibility index (Phi) is 8.32. The molecule has 3 fully saturated rings. The highest BCUT2D eigenvalue weighted by Gasteiger charge is 2.43. The molecule has 0 bridgehead atoms. The maximum absolute atomic E-state index is 9.54. The molecule has 6 rings (SSSR count). The second-order valence-electron chi connectivity index (χ2n) is 11.2. The number of piperidine rings is 1. The first-order valence-corrected chi connectivity index (χ1v) is 14.5. The maximum Gasteiger partial charge on any atom is 0.184 e. The van der Waals surface area contributed by atoms with Crippen molar-refractivity contribution >= 4 is 0 Å². The molecule has 3 aliphatic rings. The first kappa shape index (κ1) is 27.5. The van der Waals surface area contributed by atoms with Gasteiger partial charge in [0.25, 0.3) is 0 Å². The summed E-state index contributed by atoms with van der Waals surface area (Å²) in [5, 5.41) is 9.54. The predicted molar refractivity (Wildman–Crippen MR) is 153 cm³/mol. The molecule has 3 aromatic carbocycles. The van der Waals surface area contributed by atoms with Gasteiger partial charge in [-0.05, 0) is 27.8 Å². The van der Waals surface area contributed by atoms with Crippen LogP contribution in [0.3, 0.4) is 0 Å². The lowest BCUT2D eigenvalue weighted by molar-refractivity contribution is -0.278. The molecule has 0 unspecified atom stereocenters. The van der Waals surface area contributed by atoms with Gasteiger partial charge in [-0.3, -0.25) is 0 Å². The molecule has 0 radical (unpaired) electrons. The number of hydrogen-bond acceptors (Lipinski definition) is 7. The molecule has 0 amide bonds. The molecule has 7 nitrogen and oxygen atoms in total. The van der Waals surface area contributed by atoms with Gasteiger partial charge in [-0.2, -0.15) is 0 Å². The number of ether oxygens (including phenoxy) is 4. The highest BCUT2D eigenvalue weighted by Crippen LogP contribution is 2.43. The van der Waals surface area contributed by atoms with E-state index in [0.29, 0.717) is 19.8 Å². The fourth-order valence-corrected chi connectivity index (χ4v) is 6.24. The summed E-state index contributed by atoms with van der Waals surface area (Å²) in [6.45, 7) is 6.78. The number of nitrogens with two attached hydrogens (primary N) is 1. The third kappa shape index (κ3) is 5.74. The smallest absolute Gasteiger partial charge is 0.184 e. The standard InChI is InChI=1S/C33H40N2O5/c1-23-30(21-35-16-14-33(15-17-35)37-18-19-38-33)39-32(40-31(23)26-8-6-24(22-36)7-9-26)27-12-10-25(11-13-27)29-5-3-2-4-28(29)20-34/h2-13,23,30-32,36H,14-22,34H2,1H3/t23-,30+,31+,32+/m0/s1. The van der Waals surface area contributed by atoms with Crippen LogP contribution in [0.2, 0.25) is 0 Å². The van der Waals surface area contributed by atoms with Gasteiger partial charge in [0.15, 0.2) is 12.1 Å². The van der Waals surface area contributed by atoms with Crippen LogP contribution in [-0.4, -0.2) is 54.7 Å². The van der Waals surface area contributed by atoms with E-state index in [1.165, 1.54) is 0 Å². The molecule has 3 saturated heterocycles. The first-order valence-electron chi connectivity index (χ1n) is 14.5. The van der Waals surface area contributed by atoms with Gasteiger partial charge < -0.3 is 34.7 Å². The second-order valence-corrected chi connectivity index (χ2v) is 11.2. The van der Waals surface area contributed by atoms with Gasteiger partial charge in [-0.1, -0.05) is 79.7 Å². The minimum Gasteiger partial charge on any atom is -0.392 e. The van der Waals surface area contributed by atoms with E-state index in [9.17, 15) is 5.11 Å². The van der Waals surface area contributed by atoms with Crippen molar-refractivity contribution in [1.29, 1.82) is 0 Å². The van der Waals surface area contributed by atoms with E-state index in [1.807, 2.05) is 24.3 Å². The SMILES string of the molecule is C[C@H]1[C@@H](CN2CCC3(CC2)OCCO3)O[C@@H](c2ccc(-c3ccccc3CN)cc2)O[C@H]1c1ccc(CO)cc1. The molecule has 3 aromatic rings. The van der Waals surface area contributed by atoms with Crippen molar-refractivity contribution in [3.05, 3.63) is 95.1 Å². The Morgan fingerprint density at radius 3 is 2.23 bits per heavy atom. The molecule has 3 aliphatic heterocycles. The van der Waals surface area contributed by atoms with Crippen LogP contribution in [0.25, 0.3) is 11.1 Å². The Bertz CT molecular complexity index is 1250. The Labute approximate surface area is 236 Å². The van der Waals surface area contributed by atoms with Crippen molar-refractivity contribution in [2.75, 3.05) is 32.8 Å². The van der Waals surface area contributed by atoms with Crippen molar-refractivity contribution in [2.24, 2.45) is 11.7 Å². The molecule has 212 valence electrons. The average molecular weight is 545 g/mol. The Morgan fingerprint density at radius 2 is 1.55 bits per heavy atom. The minimum absolute atomic E-state index is 0.0154. The zero-order valence-electron chi connectivity index (χ0n) is 23.2. The number of nitrogens with zero attached hydrogens (tertiary/aromatic N) is 1. The summed E-state index contributed by atoms with van der Waals surface area (Å²) in [5.41, 5.74) is 12.4. The number of rotatable bonds is 7. The highest BCUT2D eigenvalue weighted by atomic mass is 16.7. The third-order valence-electron chi connectivity index (χ3n) is 8.72. The quantitative estimate of drug-likeness (QED) is 0.436. The molecule has 4 atom stereocenters. The van der Waals surface area contributed by atoms with E-state index in [2.05, 4.69) is 60.4 Å². The van der Waals surface area contributed by atoms with Gasteiger partial charge in [0.2, 0.25) is 0 Å². The zero-order valence-corrected chi connectivity index (χ0v) is 23.2. The van der Waals surface area contributed by atoms with Crippen LogP contribution in [0, 0.1) is 5.92 Å². The van der Waals surface area contributed by atoms with E-state index in [1.54, 1.807) is 0 Å². The lowest BCUT2D eigenvalue weighted by Gasteiger charge is -2.44. The van der Waals surface area contributed by atoms with Crippen LogP contribution in [-0.2, 0) is 32.1 Å². The largest absolute Gasteiger partial charge is 0.392 e. The summed E-state index contributed by atoms with van der Waals surface area (Å²) in [5.74, 6) is -0.246. The maximum atomic E-state index is 9.54. The second kappa shape index (κ2) is 12.1. The van der Waals surface area contributed by atoms with E-state index in [-0.39, 0.29) is 30.5 Å². The normalized spacial score (nSPS) is 26.8. The van der Waals surface area contributed by atoms with Gasteiger partial charge in [-0.15, -0.1) is 0 Å². The van der Waals surface area contributed by atoms with Crippen LogP contribution in [0.5, 0.6) is 0 Å². The zero-order chi connectivity index (χ0) is 27.5. The van der Waals surface area contributed by atoms with E-state index in [0.717, 1.165) is 65.9 Å². The van der Waals surface area contributed by atoms with Gasteiger partial charge >= 0.3 is 0 Å². The summed E-state index contributed by atoms with van der Waals surface area (Å²) in [6.07, 6.45) is 1.13. The molecular weight excluding hydrogens is 504 g/mol. The minimum atomic E-state index is -0.486. The van der Waals surface area contributed by atoms with E-state index >= 15 is 0 Å².